The Morgan fingerprint density at radius 1 is 1.11 bits per heavy atom. The number of fused-ring (bicyclic) bond motifs is 3. The van der Waals surface area contributed by atoms with E-state index in [2.05, 4.69) is 16.0 Å². The number of rotatable bonds is 6. The highest BCUT2D eigenvalue weighted by atomic mass is 16.5. The first kappa shape index (κ1) is 24.8. The maximum Gasteiger partial charge on any atom is 0.174 e. The van der Waals surface area contributed by atoms with E-state index in [-0.39, 0.29) is 12.5 Å². The molecule has 38 heavy (non-hydrogen) atoms. The second-order valence-electron chi connectivity index (χ2n) is 10.3. The van der Waals surface area contributed by atoms with Crippen LogP contribution >= 0.6 is 0 Å². The Hall–Kier alpha value is -3.48. The van der Waals surface area contributed by atoms with Gasteiger partial charge in [-0.15, -0.1) is 0 Å². The van der Waals surface area contributed by atoms with Crippen LogP contribution in [0.15, 0.2) is 67.0 Å². The van der Waals surface area contributed by atoms with Gasteiger partial charge in [0.2, 0.25) is 0 Å². The first-order valence-corrected chi connectivity index (χ1v) is 13.0. The first-order valence-electron chi connectivity index (χ1n) is 13.0. The van der Waals surface area contributed by atoms with Crippen molar-refractivity contribution in [1.82, 2.24) is 9.88 Å². The van der Waals surface area contributed by atoms with Crippen LogP contribution in [0, 0.1) is 23.2 Å². The predicted molar refractivity (Wildman–Crippen MR) is 139 cm³/mol. The molecule has 2 fully saturated rings. The summed E-state index contributed by atoms with van der Waals surface area (Å²) in [7, 11) is 1.56. The number of morpholine rings is 1. The van der Waals surface area contributed by atoms with Gasteiger partial charge < -0.3 is 24.4 Å². The van der Waals surface area contributed by atoms with E-state index in [0.717, 1.165) is 24.2 Å². The fourth-order valence-electron chi connectivity index (χ4n) is 7.03. The van der Waals surface area contributed by atoms with Gasteiger partial charge in [0.25, 0.3) is 0 Å². The molecule has 0 bridgehead atoms. The van der Waals surface area contributed by atoms with E-state index in [1.807, 2.05) is 42.5 Å². The number of ether oxygens (including phenoxy) is 3. The normalized spacial score (nSPS) is 30.2. The van der Waals surface area contributed by atoms with E-state index in [1.165, 1.54) is 0 Å². The third-order valence-electron chi connectivity index (χ3n) is 8.61. The zero-order valence-electron chi connectivity index (χ0n) is 21.3. The third-order valence-corrected chi connectivity index (χ3v) is 8.61. The van der Waals surface area contributed by atoms with E-state index in [0.29, 0.717) is 42.4 Å². The molecule has 0 unspecified atom stereocenters. The Kier molecular flexibility index (Phi) is 6.33. The lowest BCUT2D eigenvalue weighted by molar-refractivity contribution is -0.135. The van der Waals surface area contributed by atoms with Gasteiger partial charge in [-0.05, 0) is 23.3 Å². The Bertz CT molecular complexity index is 1340. The molecule has 0 radical (unpaired) electrons. The van der Waals surface area contributed by atoms with E-state index in [9.17, 15) is 15.5 Å². The van der Waals surface area contributed by atoms with E-state index >= 15 is 0 Å². The number of aliphatic hydroxyl groups is 2. The van der Waals surface area contributed by atoms with Crippen molar-refractivity contribution in [3.05, 3.63) is 89.2 Å². The molecule has 8 nitrogen and oxygen atoms in total. The molecule has 3 heterocycles. The van der Waals surface area contributed by atoms with Crippen LogP contribution in [0.4, 0.5) is 0 Å². The predicted octanol–water partition coefficient (Wildman–Crippen LogP) is 2.79. The zero-order chi connectivity index (χ0) is 26.3. The number of nitriles is 1. The summed E-state index contributed by atoms with van der Waals surface area (Å²) < 4.78 is 18.3. The van der Waals surface area contributed by atoms with Crippen molar-refractivity contribution in [3.8, 4) is 17.6 Å². The molecule has 196 valence electrons. The molecule has 5 atom stereocenters. The SMILES string of the molecule is COc1cncc2c1[C@]1(O)[C@@H](CN3CCOCC3)[C@H](CO)[C@@H](c3ccccc3)[C@]1(c1ccc(C#N)cc1)O2. The number of benzene rings is 2. The fraction of sp³-hybridized carbons (Fsp3) is 0.400. The number of hydrogen-bond donors (Lipinski definition) is 2. The van der Waals surface area contributed by atoms with Crippen LogP contribution < -0.4 is 9.47 Å². The minimum atomic E-state index is -1.57. The summed E-state index contributed by atoms with van der Waals surface area (Å²) in [5.74, 6) is -0.260. The Morgan fingerprint density at radius 3 is 2.50 bits per heavy atom. The van der Waals surface area contributed by atoms with Crippen molar-refractivity contribution in [2.45, 2.75) is 17.1 Å². The first-order chi connectivity index (χ1) is 18.6. The van der Waals surface area contributed by atoms with E-state index in [1.54, 1.807) is 31.6 Å². The van der Waals surface area contributed by atoms with Crippen molar-refractivity contribution in [2.75, 3.05) is 46.6 Å². The number of aliphatic hydroxyl groups excluding tert-OH is 1. The maximum absolute atomic E-state index is 13.3. The second-order valence-corrected chi connectivity index (χ2v) is 10.3. The van der Waals surface area contributed by atoms with E-state index in [4.69, 9.17) is 14.2 Å². The van der Waals surface area contributed by atoms with Crippen molar-refractivity contribution in [3.63, 3.8) is 0 Å². The average Bonchev–Trinajstić information content (AvgIpc) is 3.36. The molecule has 1 aromatic heterocycles. The van der Waals surface area contributed by atoms with Gasteiger partial charge in [-0.2, -0.15) is 5.26 Å². The molecule has 1 saturated heterocycles. The summed E-state index contributed by atoms with van der Waals surface area (Å²) in [5.41, 5.74) is -0.120. The molecular formula is C30H31N3O5. The van der Waals surface area contributed by atoms with Gasteiger partial charge >= 0.3 is 0 Å². The number of aromatic nitrogens is 1. The van der Waals surface area contributed by atoms with Gasteiger partial charge in [0.1, 0.15) is 17.1 Å². The summed E-state index contributed by atoms with van der Waals surface area (Å²) in [5, 5.41) is 33.7. The van der Waals surface area contributed by atoms with Crippen LogP contribution in [-0.2, 0) is 15.9 Å². The lowest BCUT2D eigenvalue weighted by Gasteiger charge is -2.42. The van der Waals surface area contributed by atoms with Crippen molar-refractivity contribution in [1.29, 1.82) is 5.26 Å². The summed E-state index contributed by atoms with van der Waals surface area (Å²) >= 11 is 0. The van der Waals surface area contributed by atoms with Gasteiger partial charge in [0.05, 0.1) is 49.9 Å². The topological polar surface area (TPSA) is 108 Å². The third kappa shape index (κ3) is 3.47. The maximum atomic E-state index is 13.3. The molecule has 2 N–H and O–H groups in total. The Balaban J connectivity index is 1.64. The second kappa shape index (κ2) is 9.68. The van der Waals surface area contributed by atoms with Crippen LogP contribution in [0.1, 0.15) is 28.2 Å². The summed E-state index contributed by atoms with van der Waals surface area (Å²) in [6.45, 7) is 3.13. The standard InChI is InChI=1S/C30H31N3O5/c1-36-25-16-32-17-26-28(25)29(35)24(18-33-11-13-37-14-12-33)23(19-34)27(21-5-3-2-4-6-21)30(29,38-26)22-9-7-20(15-31)8-10-22/h2-10,16-17,23-24,27,34-35H,11-14,18-19H2,1H3/t23-,24-,27+,29+,30-/m0/s1. The smallest absolute Gasteiger partial charge is 0.174 e. The van der Waals surface area contributed by atoms with Crippen molar-refractivity contribution >= 4 is 0 Å². The number of pyridine rings is 1. The van der Waals surface area contributed by atoms with Crippen molar-refractivity contribution < 1.29 is 24.4 Å². The van der Waals surface area contributed by atoms with Crippen LogP contribution in [0.2, 0.25) is 0 Å². The number of hydrogen-bond acceptors (Lipinski definition) is 8. The highest BCUT2D eigenvalue weighted by Gasteiger charge is 2.76. The summed E-state index contributed by atoms with van der Waals surface area (Å²) in [4.78, 5) is 6.62. The van der Waals surface area contributed by atoms with Gasteiger partial charge in [0.15, 0.2) is 5.60 Å². The number of nitrogens with zero attached hydrogens (tertiary/aromatic N) is 3. The summed E-state index contributed by atoms with van der Waals surface area (Å²) in [6.07, 6.45) is 3.23. The van der Waals surface area contributed by atoms with Gasteiger partial charge in [-0.25, -0.2) is 0 Å². The lowest BCUT2D eigenvalue weighted by Crippen LogP contribution is -2.53. The van der Waals surface area contributed by atoms with Crippen LogP contribution in [0.3, 0.4) is 0 Å². The highest BCUT2D eigenvalue weighted by molar-refractivity contribution is 5.59. The van der Waals surface area contributed by atoms with Gasteiger partial charge in [-0.3, -0.25) is 9.88 Å². The van der Waals surface area contributed by atoms with Gasteiger partial charge in [-0.1, -0.05) is 42.5 Å². The Labute approximate surface area is 222 Å². The van der Waals surface area contributed by atoms with Crippen molar-refractivity contribution in [2.24, 2.45) is 11.8 Å². The molecule has 8 heteroatoms. The monoisotopic (exact) mass is 513 g/mol. The molecule has 6 rings (SSSR count). The zero-order valence-corrected chi connectivity index (χ0v) is 21.3. The molecule has 1 aliphatic carbocycles. The van der Waals surface area contributed by atoms with Crippen LogP contribution in [0.5, 0.6) is 11.5 Å². The minimum Gasteiger partial charge on any atom is -0.495 e. The van der Waals surface area contributed by atoms with Crippen LogP contribution in [0.25, 0.3) is 0 Å². The minimum absolute atomic E-state index is 0.138. The largest absolute Gasteiger partial charge is 0.495 e. The average molecular weight is 514 g/mol. The quantitative estimate of drug-likeness (QED) is 0.518. The Morgan fingerprint density at radius 2 is 1.84 bits per heavy atom. The molecule has 2 aromatic carbocycles. The van der Waals surface area contributed by atoms with E-state index < -0.39 is 23.0 Å². The highest BCUT2D eigenvalue weighted by Crippen LogP contribution is 2.71. The molecule has 3 aromatic rings. The molecule has 0 amide bonds. The molecule has 1 saturated carbocycles. The lowest BCUT2D eigenvalue weighted by atomic mass is 9.69. The number of methoxy groups -OCH3 is 1. The molecule has 0 spiro atoms. The van der Waals surface area contributed by atoms with Gasteiger partial charge in [0, 0.05) is 44.0 Å². The fourth-order valence-corrected chi connectivity index (χ4v) is 7.03. The molecular weight excluding hydrogens is 482 g/mol. The summed E-state index contributed by atoms with van der Waals surface area (Å²) in [6, 6.07) is 19.3. The van der Waals surface area contributed by atoms with Crippen LogP contribution in [-0.4, -0.2) is 66.7 Å². The molecule has 2 aliphatic heterocycles. The molecule has 3 aliphatic rings.